The van der Waals surface area contributed by atoms with Crippen LogP contribution in [0, 0.1) is 0 Å². The summed E-state index contributed by atoms with van der Waals surface area (Å²) in [4.78, 5) is 21.1. The standard InChI is InChI=1S/C23H19N5O2/c29-23(17-7-11-19(12-8-17)30-20-2-1-13-24-14-20)25-18-9-5-16(6-10-18)22-26-21(27-28-22)15-3-4-15/h1-2,5-15H,3-4H2,(H,25,29)(H,26,27,28). The summed E-state index contributed by atoms with van der Waals surface area (Å²) in [5, 5.41) is 10.2. The highest BCUT2D eigenvalue weighted by atomic mass is 16.5. The summed E-state index contributed by atoms with van der Waals surface area (Å²) < 4.78 is 5.70. The Morgan fingerprint density at radius 2 is 1.80 bits per heavy atom. The molecule has 0 aliphatic heterocycles. The van der Waals surface area contributed by atoms with E-state index in [-0.39, 0.29) is 5.91 Å². The number of anilines is 1. The van der Waals surface area contributed by atoms with Gasteiger partial charge in [0.15, 0.2) is 5.82 Å². The first-order valence-electron chi connectivity index (χ1n) is 9.77. The van der Waals surface area contributed by atoms with E-state index in [4.69, 9.17) is 4.74 Å². The molecule has 0 bridgehead atoms. The quantitative estimate of drug-likeness (QED) is 0.488. The number of nitrogens with zero attached hydrogens (tertiary/aromatic N) is 3. The lowest BCUT2D eigenvalue weighted by molar-refractivity contribution is 0.102. The number of carbonyl (C=O) groups excluding carboxylic acids is 1. The molecule has 2 heterocycles. The molecule has 2 N–H and O–H groups in total. The predicted molar refractivity (Wildman–Crippen MR) is 112 cm³/mol. The minimum Gasteiger partial charge on any atom is -0.456 e. The predicted octanol–water partition coefficient (Wildman–Crippen LogP) is 4.79. The topological polar surface area (TPSA) is 92.8 Å². The molecule has 148 valence electrons. The summed E-state index contributed by atoms with van der Waals surface area (Å²) in [5.41, 5.74) is 2.16. The average molecular weight is 397 g/mol. The number of hydrogen-bond donors (Lipinski definition) is 2. The van der Waals surface area contributed by atoms with Crippen molar-refractivity contribution < 1.29 is 9.53 Å². The number of amides is 1. The van der Waals surface area contributed by atoms with Crippen LogP contribution in [0.4, 0.5) is 5.69 Å². The number of H-pyrrole nitrogens is 1. The molecule has 2 aromatic heterocycles. The molecule has 7 nitrogen and oxygen atoms in total. The van der Waals surface area contributed by atoms with Crippen LogP contribution < -0.4 is 10.1 Å². The Labute approximate surface area is 173 Å². The number of hydrogen-bond acceptors (Lipinski definition) is 5. The van der Waals surface area contributed by atoms with Crippen molar-refractivity contribution >= 4 is 11.6 Å². The molecule has 7 heteroatoms. The zero-order valence-electron chi connectivity index (χ0n) is 16.1. The van der Waals surface area contributed by atoms with E-state index in [1.54, 1.807) is 42.7 Å². The number of rotatable bonds is 6. The molecule has 1 saturated carbocycles. The van der Waals surface area contributed by atoms with Crippen LogP contribution in [0.25, 0.3) is 11.4 Å². The van der Waals surface area contributed by atoms with Gasteiger partial charge in [0, 0.05) is 28.9 Å². The van der Waals surface area contributed by atoms with E-state index in [1.165, 1.54) is 12.8 Å². The first kappa shape index (κ1) is 18.1. The molecule has 30 heavy (non-hydrogen) atoms. The monoisotopic (exact) mass is 397 g/mol. The maximum absolute atomic E-state index is 12.5. The summed E-state index contributed by atoms with van der Waals surface area (Å²) in [5.74, 6) is 3.26. The van der Waals surface area contributed by atoms with Gasteiger partial charge in [0.2, 0.25) is 0 Å². The van der Waals surface area contributed by atoms with Crippen LogP contribution in [0.1, 0.15) is 34.9 Å². The third kappa shape index (κ3) is 4.05. The number of nitrogens with one attached hydrogen (secondary N) is 2. The lowest BCUT2D eigenvalue weighted by atomic mass is 10.1. The Bertz CT molecular complexity index is 1150. The molecule has 1 aliphatic rings. The summed E-state index contributed by atoms with van der Waals surface area (Å²) in [6, 6.07) is 18.1. The highest BCUT2D eigenvalue weighted by Crippen LogP contribution is 2.38. The lowest BCUT2D eigenvalue weighted by Gasteiger charge is -2.08. The highest BCUT2D eigenvalue weighted by Gasteiger charge is 2.27. The lowest BCUT2D eigenvalue weighted by Crippen LogP contribution is -2.11. The third-order valence-electron chi connectivity index (χ3n) is 4.85. The van der Waals surface area contributed by atoms with Crippen molar-refractivity contribution in [3.8, 4) is 22.9 Å². The summed E-state index contributed by atoms with van der Waals surface area (Å²) >= 11 is 0. The second-order valence-electron chi connectivity index (χ2n) is 7.17. The molecular weight excluding hydrogens is 378 g/mol. The zero-order chi connectivity index (χ0) is 20.3. The van der Waals surface area contributed by atoms with Crippen LogP contribution in [-0.4, -0.2) is 26.1 Å². The van der Waals surface area contributed by atoms with Gasteiger partial charge in [-0.05, 0) is 73.5 Å². The van der Waals surface area contributed by atoms with Crippen LogP contribution in [0.5, 0.6) is 11.5 Å². The molecule has 0 saturated heterocycles. The summed E-state index contributed by atoms with van der Waals surface area (Å²) in [7, 11) is 0. The Hall–Kier alpha value is -4.00. The average Bonchev–Trinajstić information content (AvgIpc) is 3.52. The fraction of sp³-hybridized carbons (Fsp3) is 0.130. The van der Waals surface area contributed by atoms with E-state index < -0.39 is 0 Å². The Kier molecular flexibility index (Phi) is 4.69. The fourth-order valence-corrected chi connectivity index (χ4v) is 3.07. The van der Waals surface area contributed by atoms with E-state index in [0.717, 1.165) is 11.4 Å². The Morgan fingerprint density at radius 1 is 1.00 bits per heavy atom. The van der Waals surface area contributed by atoms with Gasteiger partial charge in [0.25, 0.3) is 5.91 Å². The van der Waals surface area contributed by atoms with Gasteiger partial charge in [0.05, 0.1) is 6.20 Å². The van der Waals surface area contributed by atoms with Crippen molar-refractivity contribution in [3.63, 3.8) is 0 Å². The summed E-state index contributed by atoms with van der Waals surface area (Å²) in [6.07, 6.45) is 5.67. The number of carbonyl (C=O) groups is 1. The maximum atomic E-state index is 12.5. The molecule has 1 amide bonds. The Morgan fingerprint density at radius 3 is 2.50 bits per heavy atom. The van der Waals surface area contributed by atoms with Gasteiger partial charge in [-0.1, -0.05) is 0 Å². The molecular formula is C23H19N5O2. The maximum Gasteiger partial charge on any atom is 0.255 e. The van der Waals surface area contributed by atoms with Crippen molar-refractivity contribution in [2.45, 2.75) is 18.8 Å². The second kappa shape index (κ2) is 7.79. The van der Waals surface area contributed by atoms with E-state index >= 15 is 0 Å². The fourth-order valence-electron chi connectivity index (χ4n) is 3.07. The second-order valence-corrected chi connectivity index (χ2v) is 7.17. The van der Waals surface area contributed by atoms with E-state index in [9.17, 15) is 4.79 Å². The SMILES string of the molecule is O=C(Nc1ccc(-c2n[nH]c(C3CC3)n2)cc1)c1ccc(Oc2cccnc2)cc1. The number of pyridine rings is 1. The molecule has 0 spiro atoms. The van der Waals surface area contributed by atoms with Crippen LogP contribution >= 0.6 is 0 Å². The Balaban J connectivity index is 1.22. The van der Waals surface area contributed by atoms with E-state index in [1.807, 2.05) is 30.3 Å². The number of ether oxygens (including phenoxy) is 1. The van der Waals surface area contributed by atoms with Gasteiger partial charge in [-0.2, -0.15) is 5.10 Å². The van der Waals surface area contributed by atoms with Crippen LogP contribution in [0.3, 0.4) is 0 Å². The molecule has 2 aromatic carbocycles. The smallest absolute Gasteiger partial charge is 0.255 e. The first-order chi connectivity index (χ1) is 14.7. The number of aromatic amines is 1. The van der Waals surface area contributed by atoms with Gasteiger partial charge >= 0.3 is 0 Å². The van der Waals surface area contributed by atoms with E-state index in [0.29, 0.717) is 34.5 Å². The van der Waals surface area contributed by atoms with Crippen molar-refractivity contribution in [2.75, 3.05) is 5.32 Å². The third-order valence-corrected chi connectivity index (χ3v) is 4.85. The highest BCUT2D eigenvalue weighted by molar-refractivity contribution is 6.04. The van der Waals surface area contributed by atoms with Crippen LogP contribution in [-0.2, 0) is 0 Å². The van der Waals surface area contributed by atoms with Gasteiger partial charge in [-0.3, -0.25) is 14.9 Å². The van der Waals surface area contributed by atoms with Crippen LogP contribution in [0.2, 0.25) is 0 Å². The van der Waals surface area contributed by atoms with Gasteiger partial charge in [-0.15, -0.1) is 0 Å². The minimum absolute atomic E-state index is 0.190. The van der Waals surface area contributed by atoms with Crippen molar-refractivity contribution in [1.29, 1.82) is 0 Å². The molecule has 1 fully saturated rings. The molecule has 4 aromatic rings. The number of aromatic nitrogens is 4. The zero-order valence-corrected chi connectivity index (χ0v) is 16.1. The molecule has 0 atom stereocenters. The number of benzene rings is 2. The molecule has 5 rings (SSSR count). The van der Waals surface area contributed by atoms with Crippen molar-refractivity contribution in [2.24, 2.45) is 0 Å². The van der Waals surface area contributed by atoms with Gasteiger partial charge in [-0.25, -0.2) is 4.98 Å². The van der Waals surface area contributed by atoms with Gasteiger partial charge in [0.1, 0.15) is 17.3 Å². The van der Waals surface area contributed by atoms with Crippen LogP contribution in [0.15, 0.2) is 73.1 Å². The first-order valence-corrected chi connectivity index (χ1v) is 9.77. The molecule has 0 unspecified atom stereocenters. The van der Waals surface area contributed by atoms with E-state index in [2.05, 4.69) is 25.5 Å². The molecule has 1 aliphatic carbocycles. The molecule has 0 radical (unpaired) electrons. The summed E-state index contributed by atoms with van der Waals surface area (Å²) in [6.45, 7) is 0. The van der Waals surface area contributed by atoms with Crippen molar-refractivity contribution in [1.82, 2.24) is 20.2 Å². The largest absolute Gasteiger partial charge is 0.456 e. The normalized spacial score (nSPS) is 13.1. The minimum atomic E-state index is -0.190. The van der Waals surface area contributed by atoms with Crippen molar-refractivity contribution in [3.05, 3.63) is 84.4 Å². The van der Waals surface area contributed by atoms with Gasteiger partial charge < -0.3 is 10.1 Å².